The van der Waals surface area contributed by atoms with Gasteiger partial charge in [-0.1, -0.05) is 6.07 Å². The SMILES string of the molecule is CC(=O)N1c2ccc(-c3ccc(C(=O)NCCO)cn3)cc2C(Nc2ccc(C#N)cn2)CC1C. The van der Waals surface area contributed by atoms with Crippen LogP contribution in [0, 0.1) is 11.3 Å². The highest BCUT2D eigenvalue weighted by Gasteiger charge is 2.33. The van der Waals surface area contributed by atoms with Crippen molar-refractivity contribution in [1.29, 1.82) is 5.26 Å². The lowest BCUT2D eigenvalue weighted by atomic mass is 9.89. The molecule has 3 N–H and O–H groups in total. The van der Waals surface area contributed by atoms with Gasteiger partial charge in [-0.05, 0) is 55.3 Å². The quantitative estimate of drug-likeness (QED) is 0.505. The first kappa shape index (κ1) is 23.9. The molecule has 9 nitrogen and oxygen atoms in total. The smallest absolute Gasteiger partial charge is 0.252 e. The zero-order valence-electron chi connectivity index (χ0n) is 19.5. The maximum atomic E-state index is 12.4. The highest BCUT2D eigenvalue weighted by molar-refractivity contribution is 5.95. The van der Waals surface area contributed by atoms with E-state index in [9.17, 15) is 9.59 Å². The molecule has 4 rings (SSSR count). The Kier molecular flexibility index (Phi) is 7.03. The summed E-state index contributed by atoms with van der Waals surface area (Å²) in [6.07, 6.45) is 3.70. The average molecular weight is 471 g/mol. The van der Waals surface area contributed by atoms with Gasteiger partial charge in [-0.25, -0.2) is 4.98 Å². The Morgan fingerprint density at radius 2 is 2.00 bits per heavy atom. The number of fused-ring (bicyclic) bond motifs is 1. The normalized spacial score (nSPS) is 16.7. The van der Waals surface area contributed by atoms with Crippen LogP contribution in [0.1, 0.15) is 47.8 Å². The van der Waals surface area contributed by atoms with Crippen molar-refractivity contribution in [3.8, 4) is 17.3 Å². The predicted octanol–water partition coefficient (Wildman–Crippen LogP) is 3.04. The van der Waals surface area contributed by atoms with Crippen molar-refractivity contribution in [1.82, 2.24) is 15.3 Å². The van der Waals surface area contributed by atoms with Crippen LogP contribution in [0.25, 0.3) is 11.3 Å². The lowest BCUT2D eigenvalue weighted by Crippen LogP contribution is -2.43. The molecule has 2 unspecified atom stereocenters. The molecule has 3 heterocycles. The summed E-state index contributed by atoms with van der Waals surface area (Å²) in [5.41, 5.74) is 4.19. The monoisotopic (exact) mass is 470 g/mol. The molecule has 9 heteroatoms. The number of pyridine rings is 2. The van der Waals surface area contributed by atoms with Crippen LogP contribution in [0.15, 0.2) is 54.9 Å². The van der Waals surface area contributed by atoms with Crippen molar-refractivity contribution in [3.63, 3.8) is 0 Å². The third-order valence-corrected chi connectivity index (χ3v) is 5.95. The molecule has 0 radical (unpaired) electrons. The molecule has 0 bridgehead atoms. The van der Waals surface area contributed by atoms with E-state index in [0.717, 1.165) is 16.8 Å². The number of aromatic nitrogens is 2. The molecule has 0 spiro atoms. The fourth-order valence-corrected chi connectivity index (χ4v) is 4.33. The van der Waals surface area contributed by atoms with Crippen molar-refractivity contribution in [2.24, 2.45) is 0 Å². The molecular weight excluding hydrogens is 444 g/mol. The average Bonchev–Trinajstić information content (AvgIpc) is 2.87. The maximum absolute atomic E-state index is 12.4. The lowest BCUT2D eigenvalue weighted by molar-refractivity contribution is -0.117. The summed E-state index contributed by atoms with van der Waals surface area (Å²) in [5.74, 6) is 0.317. The molecule has 35 heavy (non-hydrogen) atoms. The fourth-order valence-electron chi connectivity index (χ4n) is 4.33. The maximum Gasteiger partial charge on any atom is 0.252 e. The van der Waals surface area contributed by atoms with Gasteiger partial charge in [0.15, 0.2) is 0 Å². The topological polar surface area (TPSA) is 131 Å². The van der Waals surface area contributed by atoms with E-state index in [2.05, 4.69) is 26.7 Å². The number of nitrogens with one attached hydrogen (secondary N) is 2. The summed E-state index contributed by atoms with van der Waals surface area (Å²) in [6.45, 7) is 3.63. The van der Waals surface area contributed by atoms with Gasteiger partial charge in [0.25, 0.3) is 5.91 Å². The Labute approximate surface area is 203 Å². The minimum absolute atomic E-state index is 0.0171. The third kappa shape index (κ3) is 5.13. The Morgan fingerprint density at radius 1 is 1.17 bits per heavy atom. The minimum Gasteiger partial charge on any atom is -0.395 e. The van der Waals surface area contributed by atoms with Gasteiger partial charge in [0.05, 0.1) is 29.5 Å². The van der Waals surface area contributed by atoms with E-state index >= 15 is 0 Å². The number of nitriles is 1. The largest absolute Gasteiger partial charge is 0.395 e. The van der Waals surface area contributed by atoms with E-state index in [-0.39, 0.29) is 37.0 Å². The number of aliphatic hydroxyl groups is 1. The highest BCUT2D eigenvalue weighted by Crippen LogP contribution is 2.40. The van der Waals surface area contributed by atoms with Gasteiger partial charge < -0.3 is 20.6 Å². The molecule has 1 aliphatic rings. The predicted molar refractivity (Wildman–Crippen MR) is 132 cm³/mol. The lowest BCUT2D eigenvalue weighted by Gasteiger charge is -2.39. The van der Waals surface area contributed by atoms with Gasteiger partial charge >= 0.3 is 0 Å². The number of hydrogen-bond acceptors (Lipinski definition) is 7. The molecular formula is C26H26N6O3. The first-order chi connectivity index (χ1) is 16.9. The van der Waals surface area contributed by atoms with Gasteiger partial charge in [0, 0.05) is 43.2 Å². The van der Waals surface area contributed by atoms with Gasteiger partial charge in [-0.15, -0.1) is 0 Å². The van der Waals surface area contributed by atoms with Crippen molar-refractivity contribution in [2.45, 2.75) is 32.4 Å². The summed E-state index contributed by atoms with van der Waals surface area (Å²) in [6, 6.07) is 14.7. The third-order valence-electron chi connectivity index (χ3n) is 5.95. The van der Waals surface area contributed by atoms with Crippen LogP contribution in [0.4, 0.5) is 11.5 Å². The number of aliphatic hydroxyl groups excluding tert-OH is 1. The van der Waals surface area contributed by atoms with Crippen LogP contribution in [-0.4, -0.2) is 46.1 Å². The van der Waals surface area contributed by atoms with Crippen molar-refractivity contribution in [2.75, 3.05) is 23.4 Å². The number of amides is 2. The fraction of sp³-hybridized carbons (Fsp3) is 0.269. The minimum atomic E-state index is -0.297. The number of anilines is 2. The van der Waals surface area contributed by atoms with Crippen molar-refractivity contribution < 1.29 is 14.7 Å². The Bertz CT molecular complexity index is 1270. The van der Waals surface area contributed by atoms with E-state index < -0.39 is 0 Å². The van der Waals surface area contributed by atoms with Crippen LogP contribution in [0.3, 0.4) is 0 Å². The molecule has 1 aromatic carbocycles. The summed E-state index contributed by atoms with van der Waals surface area (Å²) in [7, 11) is 0. The van der Waals surface area contributed by atoms with Gasteiger partial charge in [0.2, 0.25) is 5.91 Å². The van der Waals surface area contributed by atoms with E-state index in [4.69, 9.17) is 10.4 Å². The molecule has 178 valence electrons. The van der Waals surface area contributed by atoms with Crippen LogP contribution in [0.2, 0.25) is 0 Å². The van der Waals surface area contributed by atoms with E-state index in [1.807, 2.05) is 25.1 Å². The van der Waals surface area contributed by atoms with Gasteiger partial charge in [-0.2, -0.15) is 5.26 Å². The van der Waals surface area contributed by atoms with E-state index in [0.29, 0.717) is 29.1 Å². The molecule has 0 saturated heterocycles. The summed E-state index contributed by atoms with van der Waals surface area (Å²) >= 11 is 0. The zero-order chi connectivity index (χ0) is 24.9. The summed E-state index contributed by atoms with van der Waals surface area (Å²) in [4.78, 5) is 35.1. The first-order valence-corrected chi connectivity index (χ1v) is 11.3. The van der Waals surface area contributed by atoms with Crippen LogP contribution < -0.4 is 15.5 Å². The van der Waals surface area contributed by atoms with Crippen molar-refractivity contribution in [3.05, 3.63) is 71.5 Å². The summed E-state index contributed by atoms with van der Waals surface area (Å²) < 4.78 is 0. The van der Waals surface area contributed by atoms with Gasteiger partial charge in [-0.3, -0.25) is 14.6 Å². The van der Waals surface area contributed by atoms with E-state index in [1.54, 1.807) is 36.1 Å². The Hall–Kier alpha value is -4.29. The molecule has 0 saturated carbocycles. The zero-order valence-corrected chi connectivity index (χ0v) is 19.5. The first-order valence-electron chi connectivity index (χ1n) is 11.3. The van der Waals surface area contributed by atoms with Crippen LogP contribution in [-0.2, 0) is 4.79 Å². The molecule has 2 atom stereocenters. The second-order valence-electron chi connectivity index (χ2n) is 8.40. The number of nitrogens with zero attached hydrogens (tertiary/aromatic N) is 4. The second kappa shape index (κ2) is 10.3. The molecule has 0 aliphatic carbocycles. The standard InChI is InChI=1S/C26H26N6O3/c1-16-11-23(31-25-8-3-18(13-27)14-30-25)21-12-19(5-7-24(21)32(16)17(2)34)22-6-4-20(15-29-22)26(35)28-9-10-33/h3-8,12,14-16,23,33H,9-11H2,1-2H3,(H,28,35)(H,30,31). The Balaban J connectivity index is 1.67. The Morgan fingerprint density at radius 3 is 2.63 bits per heavy atom. The van der Waals surface area contributed by atoms with Crippen LogP contribution in [0.5, 0.6) is 0 Å². The molecule has 2 aromatic heterocycles. The number of rotatable bonds is 6. The van der Waals surface area contributed by atoms with Crippen molar-refractivity contribution >= 4 is 23.3 Å². The van der Waals surface area contributed by atoms with Gasteiger partial charge in [0.1, 0.15) is 11.9 Å². The number of carbonyl (C=O) groups is 2. The number of carbonyl (C=O) groups excluding carboxylic acids is 2. The molecule has 3 aromatic rings. The van der Waals surface area contributed by atoms with E-state index in [1.165, 1.54) is 12.4 Å². The summed E-state index contributed by atoms with van der Waals surface area (Å²) in [5, 5.41) is 24.0. The number of benzene rings is 1. The molecule has 0 fully saturated rings. The molecule has 2 amide bonds. The molecule has 1 aliphatic heterocycles. The highest BCUT2D eigenvalue weighted by atomic mass is 16.3. The number of hydrogen-bond donors (Lipinski definition) is 3. The van der Waals surface area contributed by atoms with Crippen LogP contribution >= 0.6 is 0 Å². The second-order valence-corrected chi connectivity index (χ2v) is 8.40.